The standard InChI is InChI=1S/C17H24N4O7S/c22-16(12-1-3-13(4-2-12)21(24)25)11-19-17(23)15-9-14(10-18-15)29(26,27)20-5-7-28-8-6-20/h1-4,14-16,18,22H,5-11H2,(H,19,23). The van der Waals surface area contributed by atoms with Crippen molar-refractivity contribution < 1.29 is 28.0 Å². The smallest absolute Gasteiger partial charge is 0.269 e. The number of nitrogens with one attached hydrogen (secondary N) is 2. The number of non-ortho nitro benzene ring substituents is 1. The lowest BCUT2D eigenvalue weighted by atomic mass is 10.1. The van der Waals surface area contributed by atoms with Gasteiger partial charge in [0.05, 0.1) is 35.5 Å². The molecule has 2 aliphatic heterocycles. The topological polar surface area (TPSA) is 151 Å². The zero-order chi connectivity index (χ0) is 21.0. The van der Waals surface area contributed by atoms with Crippen LogP contribution in [0.5, 0.6) is 0 Å². The van der Waals surface area contributed by atoms with Crippen LogP contribution in [0.2, 0.25) is 0 Å². The van der Waals surface area contributed by atoms with Gasteiger partial charge in [-0.1, -0.05) is 0 Å². The number of sulfonamides is 1. The molecule has 1 aromatic rings. The third kappa shape index (κ3) is 5.08. The summed E-state index contributed by atoms with van der Waals surface area (Å²) in [4.78, 5) is 22.5. The number of ether oxygens (including phenoxy) is 1. The normalized spacial score (nSPS) is 24.2. The molecule has 1 aromatic carbocycles. The Morgan fingerprint density at radius 3 is 2.62 bits per heavy atom. The van der Waals surface area contributed by atoms with Crippen molar-refractivity contribution in [3.05, 3.63) is 39.9 Å². The highest BCUT2D eigenvalue weighted by atomic mass is 32.2. The number of hydrogen-bond donors (Lipinski definition) is 3. The van der Waals surface area contributed by atoms with Gasteiger partial charge in [-0.05, 0) is 24.1 Å². The van der Waals surface area contributed by atoms with Crippen LogP contribution in [0.4, 0.5) is 5.69 Å². The Balaban J connectivity index is 1.50. The van der Waals surface area contributed by atoms with E-state index in [0.717, 1.165) is 0 Å². The number of morpholine rings is 1. The molecule has 0 saturated carbocycles. The third-order valence-corrected chi connectivity index (χ3v) is 7.40. The maximum Gasteiger partial charge on any atom is 0.269 e. The zero-order valence-corrected chi connectivity index (χ0v) is 16.5. The van der Waals surface area contributed by atoms with E-state index in [1.807, 2.05) is 0 Å². The van der Waals surface area contributed by atoms with Crippen molar-refractivity contribution in [3.8, 4) is 0 Å². The van der Waals surface area contributed by atoms with Crippen LogP contribution in [0.15, 0.2) is 24.3 Å². The van der Waals surface area contributed by atoms with E-state index in [9.17, 15) is 28.4 Å². The molecule has 0 spiro atoms. The van der Waals surface area contributed by atoms with E-state index in [1.165, 1.54) is 28.6 Å². The van der Waals surface area contributed by atoms with Gasteiger partial charge in [-0.2, -0.15) is 4.31 Å². The second-order valence-corrected chi connectivity index (χ2v) is 9.20. The summed E-state index contributed by atoms with van der Waals surface area (Å²) >= 11 is 0. The van der Waals surface area contributed by atoms with Crippen molar-refractivity contribution in [1.29, 1.82) is 0 Å². The summed E-state index contributed by atoms with van der Waals surface area (Å²) < 4.78 is 32.0. The first kappa shape index (κ1) is 21.6. The lowest BCUT2D eigenvalue weighted by molar-refractivity contribution is -0.384. The summed E-state index contributed by atoms with van der Waals surface area (Å²) in [5, 5.41) is 25.7. The van der Waals surface area contributed by atoms with E-state index in [2.05, 4.69) is 10.6 Å². The first-order chi connectivity index (χ1) is 13.8. The van der Waals surface area contributed by atoms with E-state index in [1.54, 1.807) is 0 Å². The SMILES string of the molecule is O=C(NCC(O)c1ccc([N+](=O)[O-])cc1)C1CC(S(=O)(=O)N2CCOCC2)CN1. The highest BCUT2D eigenvalue weighted by Gasteiger charge is 2.40. The highest BCUT2D eigenvalue weighted by Crippen LogP contribution is 2.21. The molecule has 2 heterocycles. The van der Waals surface area contributed by atoms with Crippen molar-refractivity contribution in [1.82, 2.24) is 14.9 Å². The van der Waals surface area contributed by atoms with Crippen molar-refractivity contribution in [2.75, 3.05) is 39.4 Å². The Labute approximate surface area is 168 Å². The third-order valence-electron chi connectivity index (χ3n) is 5.12. The molecular formula is C17H24N4O7S. The van der Waals surface area contributed by atoms with Crippen molar-refractivity contribution in [2.45, 2.75) is 23.8 Å². The fourth-order valence-corrected chi connectivity index (χ4v) is 5.22. The van der Waals surface area contributed by atoms with Gasteiger partial charge in [0, 0.05) is 38.3 Å². The molecule has 3 N–H and O–H groups in total. The molecule has 11 nitrogen and oxygen atoms in total. The number of nitro groups is 1. The Morgan fingerprint density at radius 2 is 2.00 bits per heavy atom. The van der Waals surface area contributed by atoms with E-state index in [0.29, 0.717) is 31.9 Å². The van der Waals surface area contributed by atoms with Gasteiger partial charge in [0.2, 0.25) is 15.9 Å². The predicted octanol–water partition coefficient (Wildman–Crippen LogP) is -0.863. The first-order valence-corrected chi connectivity index (χ1v) is 10.8. The Hall–Kier alpha value is -2.12. The molecule has 3 unspecified atom stereocenters. The summed E-state index contributed by atoms with van der Waals surface area (Å²) in [6.45, 7) is 1.46. The molecule has 0 aliphatic carbocycles. The fourth-order valence-electron chi connectivity index (χ4n) is 3.40. The second kappa shape index (κ2) is 9.13. The molecule has 0 bridgehead atoms. The molecular weight excluding hydrogens is 404 g/mol. The maximum atomic E-state index is 12.7. The highest BCUT2D eigenvalue weighted by molar-refractivity contribution is 7.89. The molecule has 0 aromatic heterocycles. The van der Waals surface area contributed by atoms with Crippen LogP contribution in [0.1, 0.15) is 18.1 Å². The number of aliphatic hydroxyl groups is 1. The Bertz CT molecular complexity index is 840. The minimum atomic E-state index is -3.51. The zero-order valence-electron chi connectivity index (χ0n) is 15.7. The number of aliphatic hydroxyl groups excluding tert-OH is 1. The second-order valence-electron chi connectivity index (χ2n) is 6.98. The average Bonchev–Trinajstić information content (AvgIpc) is 3.24. The molecule has 3 atom stereocenters. The van der Waals surface area contributed by atoms with Gasteiger partial charge < -0.3 is 20.5 Å². The van der Waals surface area contributed by atoms with Crippen molar-refractivity contribution >= 4 is 21.6 Å². The number of carbonyl (C=O) groups is 1. The van der Waals surface area contributed by atoms with Crippen LogP contribution >= 0.6 is 0 Å². The summed E-state index contributed by atoms with van der Waals surface area (Å²) in [5.74, 6) is -0.398. The summed E-state index contributed by atoms with van der Waals surface area (Å²) in [5.41, 5.74) is 0.343. The number of rotatable bonds is 7. The Morgan fingerprint density at radius 1 is 1.34 bits per heavy atom. The largest absolute Gasteiger partial charge is 0.387 e. The van der Waals surface area contributed by atoms with Gasteiger partial charge >= 0.3 is 0 Å². The number of benzene rings is 1. The number of nitrogens with zero attached hydrogens (tertiary/aromatic N) is 2. The van der Waals surface area contributed by atoms with Crippen molar-refractivity contribution in [3.63, 3.8) is 0 Å². The summed E-state index contributed by atoms with van der Waals surface area (Å²) in [7, 11) is -3.51. The van der Waals surface area contributed by atoms with Gasteiger partial charge in [0.1, 0.15) is 0 Å². The molecule has 2 fully saturated rings. The van der Waals surface area contributed by atoms with Gasteiger partial charge in [0.25, 0.3) is 5.69 Å². The first-order valence-electron chi connectivity index (χ1n) is 9.29. The Kier molecular flexibility index (Phi) is 6.80. The molecule has 3 rings (SSSR count). The molecule has 29 heavy (non-hydrogen) atoms. The predicted molar refractivity (Wildman–Crippen MR) is 103 cm³/mol. The minimum Gasteiger partial charge on any atom is -0.387 e. The van der Waals surface area contributed by atoms with Crippen LogP contribution in [-0.4, -0.2) is 79.3 Å². The monoisotopic (exact) mass is 428 g/mol. The number of carbonyl (C=O) groups excluding carboxylic acids is 1. The fraction of sp³-hybridized carbons (Fsp3) is 0.588. The minimum absolute atomic E-state index is 0.0876. The van der Waals surface area contributed by atoms with Gasteiger partial charge in [-0.25, -0.2) is 8.42 Å². The van der Waals surface area contributed by atoms with Gasteiger partial charge in [0.15, 0.2) is 0 Å². The van der Waals surface area contributed by atoms with Crippen LogP contribution in [0, 0.1) is 10.1 Å². The number of hydrogen-bond acceptors (Lipinski definition) is 8. The lowest BCUT2D eigenvalue weighted by Gasteiger charge is -2.28. The number of amides is 1. The molecule has 2 aliphatic rings. The molecule has 2 saturated heterocycles. The van der Waals surface area contributed by atoms with Crippen LogP contribution in [0.3, 0.4) is 0 Å². The molecule has 160 valence electrons. The average molecular weight is 428 g/mol. The summed E-state index contributed by atoms with van der Waals surface area (Å²) in [6.07, 6.45) is -0.881. The van der Waals surface area contributed by atoms with E-state index in [4.69, 9.17) is 4.74 Å². The van der Waals surface area contributed by atoms with E-state index < -0.39 is 38.2 Å². The quantitative estimate of drug-likeness (QED) is 0.375. The van der Waals surface area contributed by atoms with Crippen LogP contribution in [-0.2, 0) is 19.6 Å². The summed E-state index contributed by atoms with van der Waals surface area (Å²) in [6, 6.07) is 4.74. The molecule has 1 amide bonds. The van der Waals surface area contributed by atoms with E-state index >= 15 is 0 Å². The van der Waals surface area contributed by atoms with Crippen LogP contribution in [0.25, 0.3) is 0 Å². The molecule has 0 radical (unpaired) electrons. The lowest BCUT2D eigenvalue weighted by Crippen LogP contribution is -2.45. The van der Waals surface area contributed by atoms with Crippen molar-refractivity contribution in [2.24, 2.45) is 0 Å². The van der Waals surface area contributed by atoms with Gasteiger partial charge in [-0.3, -0.25) is 14.9 Å². The maximum absolute atomic E-state index is 12.7. The van der Waals surface area contributed by atoms with Crippen LogP contribution < -0.4 is 10.6 Å². The van der Waals surface area contributed by atoms with Gasteiger partial charge in [-0.15, -0.1) is 0 Å². The number of nitro benzene ring substituents is 1. The van der Waals surface area contributed by atoms with E-state index in [-0.39, 0.29) is 25.2 Å². The molecule has 12 heteroatoms.